The van der Waals surface area contributed by atoms with Gasteiger partial charge in [-0.1, -0.05) is 47.0 Å². The lowest BCUT2D eigenvalue weighted by Crippen LogP contribution is -2.13. The number of anilines is 1. The van der Waals surface area contributed by atoms with Crippen LogP contribution >= 0.6 is 34.9 Å². The number of para-hydroxylation sites is 2. The average Bonchev–Trinajstić information content (AvgIpc) is 3.17. The Morgan fingerprint density at radius 2 is 2.04 bits per heavy atom. The van der Waals surface area contributed by atoms with Gasteiger partial charge in [0, 0.05) is 0 Å². The number of nitrogens with two attached hydrogens (primary N) is 1. The number of carbonyl (C=O) groups excluding carboxylic acids is 2. The van der Waals surface area contributed by atoms with Crippen LogP contribution < -0.4 is 11.1 Å². The maximum absolute atomic E-state index is 12.0. The minimum atomic E-state index is -0.428. The summed E-state index contributed by atoms with van der Waals surface area (Å²) in [6.07, 6.45) is 0. The molecule has 0 aliphatic carbocycles. The summed E-state index contributed by atoms with van der Waals surface area (Å²) in [6.45, 7) is 0. The number of benzene rings is 1. The van der Waals surface area contributed by atoms with Gasteiger partial charge in [0.2, 0.25) is 16.9 Å². The van der Waals surface area contributed by atoms with Crippen LogP contribution in [0.4, 0.5) is 5.13 Å². The molecular weight excluding hydrogens is 368 g/mol. The van der Waals surface area contributed by atoms with E-state index in [4.69, 9.17) is 5.73 Å². The number of aromatic amines is 1. The smallest absolute Gasteiger partial charge is 0.236 e. The van der Waals surface area contributed by atoms with E-state index in [2.05, 4.69) is 25.5 Å². The number of amides is 2. The number of nitrogens with one attached hydrogen (secondary N) is 2. The summed E-state index contributed by atoms with van der Waals surface area (Å²) in [5.41, 5.74) is 6.86. The van der Waals surface area contributed by atoms with E-state index in [1.165, 1.54) is 34.9 Å². The standard InChI is InChI=1S/C13H12N6O2S3/c14-9(20)5-23-13-19-18-12(24-13)17-10(21)6-22-11-15-7-3-1-2-4-8(7)16-11/h1-4H,5-6H2,(H2,14,20)(H,15,16)(H,17,18,21). The first kappa shape index (κ1) is 16.7. The van der Waals surface area contributed by atoms with Crippen LogP contribution in [-0.2, 0) is 9.59 Å². The summed E-state index contributed by atoms with van der Waals surface area (Å²) in [5.74, 6) is -0.306. The lowest BCUT2D eigenvalue weighted by atomic mass is 10.3. The highest BCUT2D eigenvalue weighted by Gasteiger charge is 2.11. The lowest BCUT2D eigenvalue weighted by Gasteiger charge is -1.98. The third-order valence-electron chi connectivity index (χ3n) is 2.70. The lowest BCUT2D eigenvalue weighted by molar-refractivity contribution is -0.115. The van der Waals surface area contributed by atoms with Crippen molar-refractivity contribution in [3.63, 3.8) is 0 Å². The van der Waals surface area contributed by atoms with Crippen molar-refractivity contribution in [1.29, 1.82) is 0 Å². The van der Waals surface area contributed by atoms with Gasteiger partial charge in [-0.15, -0.1) is 10.2 Å². The first-order valence-electron chi connectivity index (χ1n) is 6.72. The molecule has 3 aromatic rings. The van der Waals surface area contributed by atoms with Crippen LogP contribution in [0.15, 0.2) is 33.8 Å². The Kier molecular flexibility index (Phi) is 5.33. The van der Waals surface area contributed by atoms with Gasteiger partial charge >= 0.3 is 0 Å². The Labute approximate surface area is 149 Å². The zero-order valence-electron chi connectivity index (χ0n) is 12.2. The van der Waals surface area contributed by atoms with Crippen molar-refractivity contribution in [3.8, 4) is 0 Å². The maximum Gasteiger partial charge on any atom is 0.236 e. The summed E-state index contributed by atoms with van der Waals surface area (Å²) < 4.78 is 0.578. The molecule has 2 aromatic heterocycles. The minimum Gasteiger partial charge on any atom is -0.369 e. The zero-order chi connectivity index (χ0) is 16.9. The molecule has 0 spiro atoms. The predicted octanol–water partition coefficient (Wildman–Crippen LogP) is 1.72. The molecule has 0 aliphatic heterocycles. The van der Waals surface area contributed by atoms with Crippen LogP contribution in [0.5, 0.6) is 0 Å². The monoisotopic (exact) mass is 380 g/mol. The normalized spacial score (nSPS) is 10.8. The van der Waals surface area contributed by atoms with Gasteiger partial charge in [-0.2, -0.15) is 0 Å². The van der Waals surface area contributed by atoms with Gasteiger partial charge in [0.25, 0.3) is 0 Å². The van der Waals surface area contributed by atoms with E-state index in [0.717, 1.165) is 11.0 Å². The number of carbonyl (C=O) groups is 2. The van der Waals surface area contributed by atoms with Crippen LogP contribution in [-0.4, -0.2) is 43.5 Å². The van der Waals surface area contributed by atoms with E-state index in [-0.39, 0.29) is 17.4 Å². The van der Waals surface area contributed by atoms with Crippen molar-refractivity contribution in [2.45, 2.75) is 9.50 Å². The third kappa shape index (κ3) is 4.46. The Morgan fingerprint density at radius 3 is 2.83 bits per heavy atom. The summed E-state index contributed by atoms with van der Waals surface area (Å²) in [7, 11) is 0. The van der Waals surface area contributed by atoms with Crippen molar-refractivity contribution in [2.75, 3.05) is 16.8 Å². The molecule has 0 atom stereocenters. The van der Waals surface area contributed by atoms with Gasteiger partial charge < -0.3 is 10.7 Å². The largest absolute Gasteiger partial charge is 0.369 e. The van der Waals surface area contributed by atoms with E-state index in [1.54, 1.807) is 0 Å². The van der Waals surface area contributed by atoms with Gasteiger partial charge in [-0.3, -0.25) is 14.9 Å². The molecule has 0 unspecified atom stereocenters. The number of nitrogens with zero attached hydrogens (tertiary/aromatic N) is 3. The molecule has 0 radical (unpaired) electrons. The van der Waals surface area contributed by atoms with Crippen LogP contribution in [0, 0.1) is 0 Å². The highest BCUT2D eigenvalue weighted by atomic mass is 32.2. The molecule has 4 N–H and O–H groups in total. The molecule has 2 heterocycles. The Hall–Kier alpha value is -2.11. The number of primary amides is 1. The van der Waals surface area contributed by atoms with Gasteiger partial charge in [0.05, 0.1) is 22.5 Å². The van der Waals surface area contributed by atoms with Crippen LogP contribution in [0.3, 0.4) is 0 Å². The topological polar surface area (TPSA) is 127 Å². The molecule has 2 amide bonds. The fourth-order valence-electron chi connectivity index (χ4n) is 1.74. The van der Waals surface area contributed by atoms with Crippen molar-refractivity contribution in [2.24, 2.45) is 5.73 Å². The zero-order valence-corrected chi connectivity index (χ0v) is 14.6. The van der Waals surface area contributed by atoms with Crippen molar-refractivity contribution in [1.82, 2.24) is 20.2 Å². The average molecular weight is 380 g/mol. The Bertz CT molecular complexity index is 844. The summed E-state index contributed by atoms with van der Waals surface area (Å²) in [6, 6.07) is 7.67. The number of fused-ring (bicyclic) bond motifs is 1. The molecule has 0 aliphatic rings. The van der Waals surface area contributed by atoms with Gasteiger partial charge in [0.1, 0.15) is 0 Å². The van der Waals surface area contributed by atoms with Gasteiger partial charge in [0.15, 0.2) is 9.50 Å². The van der Waals surface area contributed by atoms with E-state index < -0.39 is 5.91 Å². The fourth-order valence-corrected chi connectivity index (χ4v) is 3.93. The fraction of sp³-hybridized carbons (Fsp3) is 0.154. The molecule has 11 heteroatoms. The molecular formula is C13H12N6O2S3. The highest BCUT2D eigenvalue weighted by molar-refractivity contribution is 8.01. The summed E-state index contributed by atoms with van der Waals surface area (Å²) >= 11 is 3.69. The van der Waals surface area contributed by atoms with Crippen molar-refractivity contribution < 1.29 is 9.59 Å². The number of hydrogen-bond acceptors (Lipinski definition) is 8. The van der Waals surface area contributed by atoms with Crippen LogP contribution in [0.25, 0.3) is 11.0 Å². The molecule has 0 bridgehead atoms. The molecule has 24 heavy (non-hydrogen) atoms. The molecule has 1 aromatic carbocycles. The minimum absolute atomic E-state index is 0.129. The summed E-state index contributed by atoms with van der Waals surface area (Å²) in [4.78, 5) is 30.2. The molecule has 0 fully saturated rings. The maximum atomic E-state index is 12.0. The van der Waals surface area contributed by atoms with E-state index in [9.17, 15) is 9.59 Å². The number of H-pyrrole nitrogens is 1. The SMILES string of the molecule is NC(=O)CSc1nnc(NC(=O)CSc2nc3ccccc3[nH]2)s1. The Balaban J connectivity index is 1.51. The number of rotatable bonds is 7. The number of thioether (sulfide) groups is 2. The highest BCUT2D eigenvalue weighted by Crippen LogP contribution is 2.25. The van der Waals surface area contributed by atoms with E-state index in [1.807, 2.05) is 24.3 Å². The van der Waals surface area contributed by atoms with Crippen molar-refractivity contribution >= 4 is 62.8 Å². The first-order valence-corrected chi connectivity index (χ1v) is 9.51. The predicted molar refractivity (Wildman–Crippen MR) is 95.3 cm³/mol. The second-order valence-electron chi connectivity index (χ2n) is 4.52. The first-order chi connectivity index (χ1) is 11.6. The van der Waals surface area contributed by atoms with Crippen molar-refractivity contribution in [3.05, 3.63) is 24.3 Å². The molecule has 8 nitrogen and oxygen atoms in total. The number of imidazole rings is 1. The Morgan fingerprint density at radius 1 is 1.21 bits per heavy atom. The van der Waals surface area contributed by atoms with Crippen LogP contribution in [0.2, 0.25) is 0 Å². The number of hydrogen-bond donors (Lipinski definition) is 3. The second kappa shape index (κ2) is 7.64. The third-order valence-corrected chi connectivity index (χ3v) is 5.57. The molecule has 0 saturated carbocycles. The number of aromatic nitrogens is 4. The summed E-state index contributed by atoms with van der Waals surface area (Å²) in [5, 5.41) is 11.5. The quantitative estimate of drug-likeness (QED) is 0.421. The second-order valence-corrected chi connectivity index (χ2v) is 7.69. The van der Waals surface area contributed by atoms with Crippen LogP contribution in [0.1, 0.15) is 0 Å². The van der Waals surface area contributed by atoms with E-state index in [0.29, 0.717) is 14.6 Å². The van der Waals surface area contributed by atoms with Gasteiger partial charge in [-0.05, 0) is 12.1 Å². The molecule has 124 valence electrons. The van der Waals surface area contributed by atoms with E-state index >= 15 is 0 Å². The molecule has 0 saturated heterocycles. The molecule has 3 rings (SSSR count). The van der Waals surface area contributed by atoms with Gasteiger partial charge in [-0.25, -0.2) is 4.98 Å².